The van der Waals surface area contributed by atoms with Gasteiger partial charge in [0, 0.05) is 26.1 Å². The predicted octanol–water partition coefficient (Wildman–Crippen LogP) is 2.44. The number of carbonyl (C=O) groups is 2. The van der Waals surface area contributed by atoms with Crippen LogP contribution in [0.5, 0.6) is 5.75 Å². The molecule has 7 nitrogen and oxygen atoms in total. The molecule has 2 aliphatic rings. The van der Waals surface area contributed by atoms with E-state index in [1.54, 1.807) is 11.1 Å². The van der Waals surface area contributed by atoms with Crippen LogP contribution in [-0.2, 0) is 9.59 Å². The maximum Gasteiger partial charge on any atom is 0.265 e. The molecule has 4 rings (SSSR count). The molecule has 0 saturated carbocycles. The van der Waals surface area contributed by atoms with Gasteiger partial charge >= 0.3 is 0 Å². The molecule has 2 amide bonds. The lowest BCUT2D eigenvalue weighted by atomic mass is 10.2. The van der Waals surface area contributed by atoms with Crippen LogP contribution in [-0.4, -0.2) is 43.0 Å². The number of para-hydroxylation sites is 2. The lowest BCUT2D eigenvalue weighted by Gasteiger charge is -2.29. The van der Waals surface area contributed by atoms with Gasteiger partial charge in [0.05, 0.1) is 17.6 Å². The van der Waals surface area contributed by atoms with Crippen LogP contribution in [0.2, 0.25) is 0 Å². The van der Waals surface area contributed by atoms with Crippen molar-refractivity contribution in [2.24, 2.45) is 0 Å². The number of rotatable bonds is 5. The maximum atomic E-state index is 12.3. The first-order valence-electron chi connectivity index (χ1n) is 9.24. The fourth-order valence-corrected chi connectivity index (χ4v) is 3.43. The fourth-order valence-electron chi connectivity index (χ4n) is 3.43. The number of ether oxygens (including phenoxy) is 1. The van der Waals surface area contributed by atoms with Gasteiger partial charge in [-0.05, 0) is 37.1 Å². The average molecular weight is 366 g/mol. The van der Waals surface area contributed by atoms with Gasteiger partial charge in [-0.25, -0.2) is 4.98 Å². The lowest BCUT2D eigenvalue weighted by Crippen LogP contribution is -2.40. The van der Waals surface area contributed by atoms with Crippen LogP contribution in [0.15, 0.2) is 42.6 Å². The van der Waals surface area contributed by atoms with Crippen LogP contribution >= 0.6 is 0 Å². The van der Waals surface area contributed by atoms with Crippen LogP contribution in [0, 0.1) is 0 Å². The Hall–Kier alpha value is -3.09. The van der Waals surface area contributed by atoms with Gasteiger partial charge in [-0.3, -0.25) is 9.59 Å². The first-order valence-corrected chi connectivity index (χ1v) is 9.24. The number of hydrogen-bond acceptors (Lipinski definition) is 5. The Bertz CT molecular complexity index is 831. The molecule has 0 aliphatic carbocycles. The lowest BCUT2D eigenvalue weighted by molar-refractivity contribution is -0.121. The molecule has 3 heterocycles. The fraction of sp³-hybridized carbons (Fsp3) is 0.350. The van der Waals surface area contributed by atoms with E-state index >= 15 is 0 Å². The summed E-state index contributed by atoms with van der Waals surface area (Å²) in [6.07, 6.45) is 4.28. The molecule has 1 saturated heterocycles. The summed E-state index contributed by atoms with van der Waals surface area (Å²) in [4.78, 5) is 32.7. The topological polar surface area (TPSA) is 74.8 Å². The van der Waals surface area contributed by atoms with Gasteiger partial charge in [0.25, 0.3) is 5.91 Å². The highest BCUT2D eigenvalue weighted by atomic mass is 16.5. The van der Waals surface area contributed by atoms with Gasteiger partial charge in [0.15, 0.2) is 6.61 Å². The number of pyridine rings is 1. The summed E-state index contributed by atoms with van der Waals surface area (Å²) in [6, 6.07) is 11.2. The molecule has 1 N–H and O–H groups in total. The van der Waals surface area contributed by atoms with Crippen molar-refractivity contribution < 1.29 is 14.3 Å². The summed E-state index contributed by atoms with van der Waals surface area (Å²) in [5, 5.41) is 2.85. The zero-order chi connectivity index (χ0) is 18.6. The first kappa shape index (κ1) is 17.3. The van der Waals surface area contributed by atoms with E-state index in [9.17, 15) is 9.59 Å². The van der Waals surface area contributed by atoms with Crippen LogP contribution in [0.1, 0.15) is 19.3 Å². The number of nitrogens with one attached hydrogen (secondary N) is 1. The second-order valence-electron chi connectivity index (χ2n) is 6.70. The van der Waals surface area contributed by atoms with Gasteiger partial charge in [-0.15, -0.1) is 0 Å². The van der Waals surface area contributed by atoms with E-state index in [2.05, 4.69) is 15.2 Å². The highest BCUT2D eigenvalue weighted by Gasteiger charge is 2.25. The smallest absolute Gasteiger partial charge is 0.265 e. The van der Waals surface area contributed by atoms with Gasteiger partial charge in [0.1, 0.15) is 11.6 Å². The Morgan fingerprint density at radius 3 is 2.74 bits per heavy atom. The molecule has 0 atom stereocenters. The van der Waals surface area contributed by atoms with E-state index in [1.807, 2.05) is 36.4 Å². The van der Waals surface area contributed by atoms with Crippen molar-refractivity contribution in [1.29, 1.82) is 0 Å². The van der Waals surface area contributed by atoms with Crippen LogP contribution in [0.3, 0.4) is 0 Å². The number of anilines is 3. The minimum Gasteiger partial charge on any atom is -0.482 e. The quantitative estimate of drug-likeness (QED) is 0.880. The Kier molecular flexibility index (Phi) is 4.91. The number of carbonyl (C=O) groups excluding carboxylic acids is 2. The maximum absolute atomic E-state index is 12.3. The highest BCUT2D eigenvalue weighted by molar-refractivity contribution is 5.99. The van der Waals surface area contributed by atoms with E-state index < -0.39 is 0 Å². The van der Waals surface area contributed by atoms with E-state index in [1.165, 1.54) is 12.8 Å². The molecule has 1 fully saturated rings. The zero-order valence-electron chi connectivity index (χ0n) is 15.1. The summed E-state index contributed by atoms with van der Waals surface area (Å²) in [5.74, 6) is 1.32. The van der Waals surface area contributed by atoms with E-state index in [0.29, 0.717) is 23.7 Å². The van der Waals surface area contributed by atoms with E-state index in [0.717, 1.165) is 18.9 Å². The number of nitrogens with zero attached hydrogens (tertiary/aromatic N) is 3. The molecule has 27 heavy (non-hydrogen) atoms. The summed E-state index contributed by atoms with van der Waals surface area (Å²) in [7, 11) is 0. The summed E-state index contributed by atoms with van der Waals surface area (Å²) in [5.41, 5.74) is 1.37. The molecule has 1 aromatic carbocycles. The average Bonchev–Trinajstić information content (AvgIpc) is 3.22. The summed E-state index contributed by atoms with van der Waals surface area (Å²) >= 11 is 0. The van der Waals surface area contributed by atoms with Gasteiger partial charge in [0.2, 0.25) is 5.91 Å². The number of benzene rings is 1. The largest absolute Gasteiger partial charge is 0.482 e. The highest BCUT2D eigenvalue weighted by Crippen LogP contribution is 2.31. The molecule has 7 heteroatoms. The minimum absolute atomic E-state index is 0.000510. The Balaban J connectivity index is 1.34. The predicted molar refractivity (Wildman–Crippen MR) is 103 cm³/mol. The molecule has 0 spiro atoms. The SMILES string of the molecule is O=C(CCN1C(=O)COc2ccccc21)Nc1ccc(N2CCCC2)nc1. The molecular weight excluding hydrogens is 344 g/mol. The Labute approximate surface area is 157 Å². The third-order valence-electron chi connectivity index (χ3n) is 4.83. The van der Waals surface area contributed by atoms with Gasteiger partial charge in [-0.2, -0.15) is 0 Å². The third-order valence-corrected chi connectivity index (χ3v) is 4.83. The van der Waals surface area contributed by atoms with Crippen LogP contribution < -0.4 is 19.9 Å². The molecule has 2 aliphatic heterocycles. The normalized spacial score (nSPS) is 16.1. The van der Waals surface area contributed by atoms with E-state index in [4.69, 9.17) is 4.74 Å². The monoisotopic (exact) mass is 366 g/mol. The van der Waals surface area contributed by atoms with Crippen molar-refractivity contribution in [3.05, 3.63) is 42.6 Å². The molecule has 0 bridgehead atoms. The molecule has 0 unspecified atom stereocenters. The van der Waals surface area contributed by atoms with Crippen molar-refractivity contribution in [3.8, 4) is 5.75 Å². The van der Waals surface area contributed by atoms with Crippen molar-refractivity contribution in [3.63, 3.8) is 0 Å². The molecule has 0 radical (unpaired) electrons. The molecule has 2 aromatic rings. The third kappa shape index (κ3) is 3.86. The minimum atomic E-state index is -0.150. The summed E-state index contributed by atoms with van der Waals surface area (Å²) < 4.78 is 5.42. The molecular formula is C20H22N4O3. The number of amides is 2. The van der Waals surface area contributed by atoms with Crippen LogP contribution in [0.4, 0.5) is 17.2 Å². The molecule has 140 valence electrons. The Morgan fingerprint density at radius 1 is 1.15 bits per heavy atom. The van der Waals surface area contributed by atoms with Gasteiger partial charge < -0.3 is 19.9 Å². The second kappa shape index (κ2) is 7.65. The standard InChI is InChI=1S/C20H22N4O3/c25-19(22-15-7-8-18(21-13-15)23-10-3-4-11-23)9-12-24-16-5-1-2-6-17(16)27-14-20(24)26/h1-2,5-8,13H,3-4,9-12,14H2,(H,22,25). The number of fused-ring (bicyclic) bond motifs is 1. The summed E-state index contributed by atoms with van der Waals surface area (Å²) in [6.45, 7) is 2.38. The second-order valence-corrected chi connectivity index (χ2v) is 6.70. The molecule has 1 aromatic heterocycles. The number of aromatic nitrogens is 1. The van der Waals surface area contributed by atoms with Crippen molar-refractivity contribution in [1.82, 2.24) is 4.98 Å². The van der Waals surface area contributed by atoms with Gasteiger partial charge in [-0.1, -0.05) is 12.1 Å². The van der Waals surface area contributed by atoms with E-state index in [-0.39, 0.29) is 24.8 Å². The van der Waals surface area contributed by atoms with Crippen molar-refractivity contribution in [2.45, 2.75) is 19.3 Å². The van der Waals surface area contributed by atoms with Crippen LogP contribution in [0.25, 0.3) is 0 Å². The van der Waals surface area contributed by atoms with Crippen molar-refractivity contribution in [2.75, 3.05) is 41.4 Å². The van der Waals surface area contributed by atoms with Crippen molar-refractivity contribution >= 4 is 29.0 Å². The number of hydrogen-bond donors (Lipinski definition) is 1. The Morgan fingerprint density at radius 2 is 1.96 bits per heavy atom. The zero-order valence-corrected chi connectivity index (χ0v) is 15.1. The first-order chi connectivity index (χ1) is 13.2.